The zero-order valence-electron chi connectivity index (χ0n) is 34.7. The lowest BCUT2D eigenvalue weighted by molar-refractivity contribution is -0.870. The Morgan fingerprint density at radius 1 is 0.560 bits per heavy atom. The molecule has 50 heavy (non-hydrogen) atoms. The zero-order chi connectivity index (χ0) is 38.2. The number of likely N-dealkylation sites (N-methyl/N-ethyl adjacent to an activating group) is 1. The van der Waals surface area contributed by atoms with Crippen LogP contribution >= 0.6 is 15.6 Å². The highest BCUT2D eigenvalue weighted by atomic mass is 31.2. The molecule has 0 aliphatic rings. The Hall–Kier alpha value is 0.100. The summed E-state index contributed by atoms with van der Waals surface area (Å²) in [5, 5.41) is 8.39. The molecule has 4 atom stereocenters. The third-order valence-electron chi connectivity index (χ3n) is 8.83. The van der Waals surface area contributed by atoms with E-state index in [4.69, 9.17) is 23.2 Å². The molecule has 0 amide bonds. The van der Waals surface area contributed by atoms with Crippen molar-refractivity contribution in [3.05, 3.63) is 0 Å². The second-order valence-electron chi connectivity index (χ2n) is 14.5. The van der Waals surface area contributed by atoms with Gasteiger partial charge in [0, 0.05) is 0 Å². The maximum Gasteiger partial charge on any atom is 0.472 e. The van der Waals surface area contributed by atoms with Crippen molar-refractivity contribution in [1.29, 1.82) is 0 Å². The summed E-state index contributed by atoms with van der Waals surface area (Å²) in [4.78, 5) is 21.6. The summed E-state index contributed by atoms with van der Waals surface area (Å²) in [7, 11) is -1.88. The molecule has 0 saturated heterocycles. The molecule has 13 heteroatoms. The predicted octanol–water partition coefficient (Wildman–Crippen LogP) is 10.3. The van der Waals surface area contributed by atoms with E-state index in [0.717, 1.165) is 114 Å². The van der Waals surface area contributed by atoms with Gasteiger partial charge in [-0.15, -0.1) is 0 Å². The first-order valence-electron chi connectivity index (χ1n) is 19.7. The molecule has 0 aromatic heterocycles. The molecule has 0 rings (SSSR count). The average Bonchev–Trinajstić information content (AvgIpc) is 3.05. The van der Waals surface area contributed by atoms with Crippen LogP contribution in [-0.4, -0.2) is 75.2 Å². The van der Waals surface area contributed by atoms with E-state index in [-0.39, 0.29) is 26.0 Å². The Labute approximate surface area is 310 Å². The number of aliphatic hydroxyl groups is 1. The lowest BCUT2D eigenvalue weighted by Crippen LogP contribution is -2.36. The first kappa shape index (κ1) is 56.8. The average molecular weight is 765 g/mol. The zero-order valence-corrected chi connectivity index (χ0v) is 36.5. The van der Waals surface area contributed by atoms with Crippen LogP contribution in [-0.2, 0) is 27.2 Å². The van der Waals surface area contributed by atoms with Crippen LogP contribution < -0.4 is 11.0 Å². The van der Waals surface area contributed by atoms with Crippen molar-refractivity contribution >= 4 is 15.6 Å². The van der Waals surface area contributed by atoms with E-state index < -0.39 is 15.6 Å². The maximum atomic E-state index is 11.9. The first-order chi connectivity index (χ1) is 23.0. The maximum absolute atomic E-state index is 11.9. The van der Waals surface area contributed by atoms with E-state index in [2.05, 4.69) is 76.5 Å². The number of unbranched alkanes of at least 4 members (excludes halogenated alkanes) is 4. The van der Waals surface area contributed by atoms with Gasteiger partial charge in [0.05, 0.1) is 54.2 Å². The second kappa shape index (κ2) is 36.1. The second-order valence-corrected chi connectivity index (χ2v) is 17.4. The van der Waals surface area contributed by atoms with Crippen molar-refractivity contribution in [3.8, 4) is 0 Å². The van der Waals surface area contributed by atoms with Crippen LogP contribution in [0.4, 0.5) is 0 Å². The summed E-state index contributed by atoms with van der Waals surface area (Å²) >= 11 is 0. The fraction of sp³-hybridized carbons (Fsp3) is 1.00. The molecule has 0 aromatic rings. The van der Waals surface area contributed by atoms with Gasteiger partial charge in [-0.2, -0.15) is 0 Å². The largest absolute Gasteiger partial charge is 0.756 e. The highest BCUT2D eigenvalue weighted by Crippen LogP contribution is 2.45. The predicted molar refractivity (Wildman–Crippen MR) is 209 cm³/mol. The lowest BCUT2D eigenvalue weighted by atomic mass is 10.0. The van der Waals surface area contributed by atoms with Crippen LogP contribution in [0.15, 0.2) is 0 Å². The van der Waals surface area contributed by atoms with Crippen molar-refractivity contribution in [2.24, 2.45) is 23.7 Å². The Bertz CT molecular complexity index is 699. The smallest absolute Gasteiger partial charge is 0.472 e. The van der Waals surface area contributed by atoms with Crippen molar-refractivity contribution in [3.63, 3.8) is 0 Å². The van der Waals surface area contributed by atoms with E-state index in [1.807, 2.05) is 0 Å². The Kier molecular flexibility index (Phi) is 41.0. The summed E-state index contributed by atoms with van der Waals surface area (Å²) in [6.07, 6.45) is 16.9. The van der Waals surface area contributed by atoms with Crippen LogP contribution in [0.5, 0.6) is 0 Å². The third kappa shape index (κ3) is 39.3. The molecule has 0 fully saturated rings. The fourth-order valence-corrected chi connectivity index (χ4v) is 6.49. The molecule has 308 valence electrons. The van der Waals surface area contributed by atoms with Gasteiger partial charge in [-0.3, -0.25) is 13.6 Å². The monoisotopic (exact) mass is 765 g/mol. The van der Waals surface area contributed by atoms with E-state index >= 15 is 0 Å². The van der Waals surface area contributed by atoms with Gasteiger partial charge in [-0.1, -0.05) is 132 Å². The molecular weight excluding hydrogens is 678 g/mol. The Morgan fingerprint density at radius 2 is 0.820 bits per heavy atom. The molecular formula is C37H86N2O9P2. The highest BCUT2D eigenvalue weighted by molar-refractivity contribution is 7.47. The normalized spacial score (nSPS) is 16.3. The molecule has 0 radical (unpaired) electrons. The fourth-order valence-electron chi connectivity index (χ4n) is 4.76. The highest BCUT2D eigenvalue weighted by Gasteiger charge is 2.24. The van der Waals surface area contributed by atoms with Gasteiger partial charge < -0.3 is 34.6 Å². The number of phosphoric ester groups is 2. The van der Waals surface area contributed by atoms with E-state index in [0.29, 0.717) is 36.9 Å². The molecule has 0 spiro atoms. The van der Waals surface area contributed by atoms with Gasteiger partial charge in [-0.25, -0.2) is 4.57 Å². The molecule has 11 nitrogen and oxygen atoms in total. The summed E-state index contributed by atoms with van der Waals surface area (Å²) in [6.45, 7) is 19.1. The van der Waals surface area contributed by atoms with Gasteiger partial charge in [0.25, 0.3) is 7.82 Å². The third-order valence-corrected chi connectivity index (χ3v) is 10.7. The molecule has 0 aliphatic carbocycles. The summed E-state index contributed by atoms with van der Waals surface area (Å²) in [6, 6.07) is 0. The molecule has 0 heterocycles. The summed E-state index contributed by atoms with van der Waals surface area (Å²) in [5.41, 5.74) is 0. The van der Waals surface area contributed by atoms with Gasteiger partial charge >= 0.3 is 7.82 Å². The van der Waals surface area contributed by atoms with Crippen molar-refractivity contribution in [2.45, 2.75) is 158 Å². The van der Waals surface area contributed by atoms with Crippen molar-refractivity contribution in [1.82, 2.24) is 6.15 Å². The van der Waals surface area contributed by atoms with E-state index in [9.17, 15) is 18.9 Å². The minimum absolute atomic E-state index is 0. The number of hydrogen-bond donors (Lipinski definition) is 3. The van der Waals surface area contributed by atoms with Gasteiger partial charge in [0.2, 0.25) is 0 Å². The van der Waals surface area contributed by atoms with Gasteiger partial charge in [0.15, 0.2) is 0 Å². The lowest BCUT2D eigenvalue weighted by Gasteiger charge is -2.27. The van der Waals surface area contributed by atoms with E-state index in [1.54, 1.807) is 0 Å². The minimum atomic E-state index is -4.14. The first-order valence-corrected chi connectivity index (χ1v) is 22.6. The van der Waals surface area contributed by atoms with Gasteiger partial charge in [-0.05, 0) is 49.4 Å². The number of hydrogen-bond acceptors (Lipinski definition) is 9. The Balaban J connectivity index is -0.000000349. The molecule has 0 aromatic carbocycles. The molecule has 0 saturated carbocycles. The minimum Gasteiger partial charge on any atom is -0.756 e. The summed E-state index contributed by atoms with van der Waals surface area (Å²) in [5.74, 6) is 1.29. The number of rotatable bonds is 30. The quantitative estimate of drug-likeness (QED) is 0.0472. The standard InChI is InChI=1S/2C16H35O4P.C5H14NO.H3N/c2*1-5-9-11-15(7-3)13-19-21(17,18)20-14-16(8-4)12-10-6-2;1-6(2,3)4-5-7;/h2*15-16H,5-14H2,1-4H3,(H,17,18);7H,4-5H2,1-3H3;1H3/q;;+1;/p-1. The van der Waals surface area contributed by atoms with Gasteiger partial charge in [0.1, 0.15) is 6.54 Å². The van der Waals surface area contributed by atoms with Crippen LogP contribution in [0.3, 0.4) is 0 Å². The number of aliphatic hydroxyl groups excluding tert-OH is 1. The number of phosphoric acid groups is 2. The summed E-state index contributed by atoms with van der Waals surface area (Å²) < 4.78 is 45.0. The topological polar surface area (TPSA) is 170 Å². The molecule has 0 bridgehead atoms. The van der Waals surface area contributed by atoms with E-state index in [1.165, 1.54) is 0 Å². The SMILES string of the molecule is CCCCC(CC)COP(=O)(O)OCC(CC)CCCC.CCCCC(CC)COP(=O)([O-])OCC(CC)CCCC.C[N+](C)(C)CCO.N. The molecule has 0 aliphatic heterocycles. The Morgan fingerprint density at radius 3 is 1.00 bits per heavy atom. The molecule has 4 unspecified atom stereocenters. The van der Waals surface area contributed by atoms with Crippen LogP contribution in [0.2, 0.25) is 0 Å². The molecule has 5 N–H and O–H groups in total. The van der Waals surface area contributed by atoms with Crippen molar-refractivity contribution in [2.75, 3.05) is 60.7 Å². The van der Waals surface area contributed by atoms with Crippen LogP contribution in [0.25, 0.3) is 0 Å². The van der Waals surface area contributed by atoms with Crippen LogP contribution in [0.1, 0.15) is 158 Å². The van der Waals surface area contributed by atoms with Crippen LogP contribution in [0, 0.1) is 23.7 Å². The number of quaternary nitrogens is 1. The number of nitrogens with zero attached hydrogens (tertiary/aromatic N) is 1. The van der Waals surface area contributed by atoms with Crippen molar-refractivity contribution < 1.29 is 46.6 Å².